The van der Waals surface area contributed by atoms with Gasteiger partial charge in [-0.05, 0) is 50.2 Å². The zero-order chi connectivity index (χ0) is 14.6. The molecule has 0 fully saturated rings. The van der Waals surface area contributed by atoms with E-state index in [1.54, 1.807) is 12.1 Å². The Balaban J connectivity index is 2.02. The average Bonchev–Trinajstić information content (AvgIpc) is 2.41. The van der Waals surface area contributed by atoms with Gasteiger partial charge in [-0.2, -0.15) is 0 Å². The second kappa shape index (κ2) is 5.75. The van der Waals surface area contributed by atoms with Gasteiger partial charge < -0.3 is 15.7 Å². The molecule has 20 heavy (non-hydrogen) atoms. The highest BCUT2D eigenvalue weighted by molar-refractivity contribution is 5.96. The summed E-state index contributed by atoms with van der Waals surface area (Å²) in [6, 6.07) is 17.1. The van der Waals surface area contributed by atoms with Crippen LogP contribution in [0.3, 0.4) is 0 Å². The first kappa shape index (κ1) is 14.1. The summed E-state index contributed by atoms with van der Waals surface area (Å²) in [4.78, 5) is 11.6. The Labute approximate surface area is 118 Å². The molecular weight excluding hydrogens is 252 g/mol. The maximum atomic E-state index is 11.6. The third-order valence-electron chi connectivity index (χ3n) is 2.76. The molecule has 1 amide bonds. The van der Waals surface area contributed by atoms with E-state index in [0.29, 0.717) is 5.69 Å². The molecule has 0 aromatic heterocycles. The summed E-state index contributed by atoms with van der Waals surface area (Å²) in [6.45, 7) is 2.90. The second-order valence-corrected chi connectivity index (χ2v) is 5.08. The lowest BCUT2D eigenvalue weighted by molar-refractivity contribution is -0.130. The second-order valence-electron chi connectivity index (χ2n) is 5.08. The number of nitrogens with one attached hydrogen (secondary N) is 2. The highest BCUT2D eigenvalue weighted by Crippen LogP contribution is 2.19. The van der Waals surface area contributed by atoms with Gasteiger partial charge in [0.15, 0.2) is 0 Å². The molecule has 4 heteroatoms. The van der Waals surface area contributed by atoms with E-state index in [4.69, 9.17) is 0 Å². The molecule has 0 radical (unpaired) electrons. The number of hydrogen-bond acceptors (Lipinski definition) is 3. The molecule has 3 N–H and O–H groups in total. The Bertz CT molecular complexity index is 572. The Kier molecular flexibility index (Phi) is 4.05. The van der Waals surface area contributed by atoms with Gasteiger partial charge in [0, 0.05) is 17.1 Å². The van der Waals surface area contributed by atoms with Crippen LogP contribution in [0.1, 0.15) is 13.8 Å². The van der Waals surface area contributed by atoms with Crippen molar-refractivity contribution in [2.75, 3.05) is 10.6 Å². The molecule has 2 aromatic rings. The number of para-hydroxylation sites is 1. The van der Waals surface area contributed by atoms with Crippen LogP contribution in [0.25, 0.3) is 0 Å². The molecule has 0 aliphatic heterocycles. The largest absolute Gasteiger partial charge is 0.381 e. The van der Waals surface area contributed by atoms with Crippen molar-refractivity contribution in [3.05, 3.63) is 54.6 Å². The van der Waals surface area contributed by atoms with Crippen LogP contribution >= 0.6 is 0 Å². The number of anilines is 3. The van der Waals surface area contributed by atoms with Crippen LogP contribution in [-0.4, -0.2) is 16.6 Å². The summed E-state index contributed by atoms with van der Waals surface area (Å²) in [5.74, 6) is -0.429. The molecule has 0 aliphatic carbocycles. The Morgan fingerprint density at radius 3 is 1.95 bits per heavy atom. The third kappa shape index (κ3) is 3.83. The fourth-order valence-corrected chi connectivity index (χ4v) is 1.61. The predicted octanol–water partition coefficient (Wildman–Crippen LogP) is 3.14. The molecule has 0 aliphatic rings. The Morgan fingerprint density at radius 1 is 0.900 bits per heavy atom. The lowest BCUT2D eigenvalue weighted by atomic mass is 10.1. The molecule has 2 aromatic carbocycles. The van der Waals surface area contributed by atoms with Crippen molar-refractivity contribution in [1.29, 1.82) is 0 Å². The summed E-state index contributed by atoms with van der Waals surface area (Å²) in [6.07, 6.45) is 0. The molecule has 0 unspecified atom stereocenters. The van der Waals surface area contributed by atoms with Crippen LogP contribution in [0.4, 0.5) is 17.1 Å². The number of carbonyl (C=O) groups is 1. The van der Waals surface area contributed by atoms with Gasteiger partial charge in [-0.15, -0.1) is 0 Å². The standard InChI is InChI=1S/C16H18N2O2/c1-16(2,20)15(19)18-14-10-8-13(9-11-14)17-12-6-4-3-5-7-12/h3-11,17,20H,1-2H3,(H,18,19). The van der Waals surface area contributed by atoms with Crippen LogP contribution < -0.4 is 10.6 Å². The summed E-state index contributed by atoms with van der Waals surface area (Å²) in [7, 11) is 0. The van der Waals surface area contributed by atoms with Crippen molar-refractivity contribution in [2.24, 2.45) is 0 Å². The summed E-state index contributed by atoms with van der Waals surface area (Å²) >= 11 is 0. The summed E-state index contributed by atoms with van der Waals surface area (Å²) in [5, 5.41) is 15.5. The van der Waals surface area contributed by atoms with E-state index < -0.39 is 11.5 Å². The lowest BCUT2D eigenvalue weighted by Crippen LogP contribution is -2.36. The molecule has 0 atom stereocenters. The lowest BCUT2D eigenvalue weighted by Gasteiger charge is -2.16. The molecule has 104 valence electrons. The quantitative estimate of drug-likeness (QED) is 0.800. The number of hydrogen-bond donors (Lipinski definition) is 3. The van der Waals surface area contributed by atoms with Crippen molar-refractivity contribution in [2.45, 2.75) is 19.4 Å². The molecule has 0 spiro atoms. The minimum absolute atomic E-state index is 0.429. The van der Waals surface area contributed by atoms with Crippen LogP contribution in [-0.2, 0) is 4.79 Å². The number of amides is 1. The van der Waals surface area contributed by atoms with Crippen molar-refractivity contribution in [1.82, 2.24) is 0 Å². The minimum Gasteiger partial charge on any atom is -0.381 e. The molecule has 4 nitrogen and oxygen atoms in total. The molecular formula is C16H18N2O2. The van der Waals surface area contributed by atoms with E-state index >= 15 is 0 Å². The Hall–Kier alpha value is -2.33. The van der Waals surface area contributed by atoms with E-state index in [-0.39, 0.29) is 0 Å². The van der Waals surface area contributed by atoms with Gasteiger partial charge in [0.05, 0.1) is 0 Å². The molecule has 0 bridgehead atoms. The fourth-order valence-electron chi connectivity index (χ4n) is 1.61. The van der Waals surface area contributed by atoms with Crippen LogP contribution in [0.5, 0.6) is 0 Å². The maximum absolute atomic E-state index is 11.6. The van der Waals surface area contributed by atoms with Gasteiger partial charge in [-0.3, -0.25) is 4.79 Å². The highest BCUT2D eigenvalue weighted by Gasteiger charge is 2.23. The van der Waals surface area contributed by atoms with Gasteiger partial charge in [0.2, 0.25) is 0 Å². The monoisotopic (exact) mass is 270 g/mol. The van der Waals surface area contributed by atoms with Gasteiger partial charge >= 0.3 is 0 Å². The first-order valence-electron chi connectivity index (χ1n) is 6.41. The zero-order valence-electron chi connectivity index (χ0n) is 11.6. The predicted molar refractivity (Wildman–Crippen MR) is 81.1 cm³/mol. The summed E-state index contributed by atoms with van der Waals surface area (Å²) < 4.78 is 0. The smallest absolute Gasteiger partial charge is 0.255 e. The molecule has 0 saturated heterocycles. The van der Waals surface area contributed by atoms with E-state index in [1.807, 2.05) is 42.5 Å². The normalized spacial score (nSPS) is 10.9. The molecule has 2 rings (SSSR count). The van der Waals surface area contributed by atoms with Crippen molar-refractivity contribution >= 4 is 23.0 Å². The number of benzene rings is 2. The van der Waals surface area contributed by atoms with Crippen LogP contribution in [0.15, 0.2) is 54.6 Å². The SMILES string of the molecule is CC(C)(O)C(=O)Nc1ccc(Nc2ccccc2)cc1. The van der Waals surface area contributed by atoms with E-state index in [1.165, 1.54) is 13.8 Å². The Morgan fingerprint density at radius 2 is 1.40 bits per heavy atom. The molecule has 0 saturated carbocycles. The topological polar surface area (TPSA) is 61.4 Å². The van der Waals surface area contributed by atoms with Gasteiger partial charge in [0.25, 0.3) is 5.91 Å². The zero-order valence-corrected chi connectivity index (χ0v) is 11.6. The van der Waals surface area contributed by atoms with Gasteiger partial charge in [0.1, 0.15) is 5.60 Å². The highest BCUT2D eigenvalue weighted by atomic mass is 16.3. The first-order valence-corrected chi connectivity index (χ1v) is 6.41. The fraction of sp³-hybridized carbons (Fsp3) is 0.188. The van der Waals surface area contributed by atoms with Crippen LogP contribution in [0, 0.1) is 0 Å². The third-order valence-corrected chi connectivity index (χ3v) is 2.76. The average molecular weight is 270 g/mol. The minimum atomic E-state index is -1.39. The number of aliphatic hydroxyl groups is 1. The van der Waals surface area contributed by atoms with Gasteiger partial charge in [-0.25, -0.2) is 0 Å². The van der Waals surface area contributed by atoms with E-state index in [2.05, 4.69) is 10.6 Å². The van der Waals surface area contributed by atoms with Crippen molar-refractivity contribution < 1.29 is 9.90 Å². The number of rotatable bonds is 4. The molecule has 0 heterocycles. The van der Waals surface area contributed by atoms with Crippen molar-refractivity contribution in [3.8, 4) is 0 Å². The summed E-state index contributed by atoms with van der Waals surface area (Å²) in [5.41, 5.74) is 1.19. The van der Waals surface area contributed by atoms with E-state index in [0.717, 1.165) is 11.4 Å². The van der Waals surface area contributed by atoms with Crippen LogP contribution in [0.2, 0.25) is 0 Å². The number of carbonyl (C=O) groups excluding carboxylic acids is 1. The van der Waals surface area contributed by atoms with Gasteiger partial charge in [-0.1, -0.05) is 18.2 Å². The van der Waals surface area contributed by atoms with E-state index in [9.17, 15) is 9.90 Å². The first-order chi connectivity index (χ1) is 9.45. The van der Waals surface area contributed by atoms with Crippen molar-refractivity contribution in [3.63, 3.8) is 0 Å². The maximum Gasteiger partial charge on any atom is 0.255 e.